The third kappa shape index (κ3) is 5.54. The van der Waals surface area contributed by atoms with E-state index in [-0.39, 0.29) is 17.7 Å². The third-order valence-electron chi connectivity index (χ3n) is 4.82. The van der Waals surface area contributed by atoms with Crippen molar-refractivity contribution in [2.45, 2.75) is 33.0 Å². The highest BCUT2D eigenvalue weighted by Crippen LogP contribution is 2.25. The number of nitrogens with one attached hydrogen (secondary N) is 1. The summed E-state index contributed by atoms with van der Waals surface area (Å²) in [6, 6.07) is 24.0. The van der Waals surface area contributed by atoms with E-state index < -0.39 is 6.04 Å². The number of hydrogen-bond donors (Lipinski definition) is 1. The number of hydrogen-bond acceptors (Lipinski definition) is 3. The highest BCUT2D eigenvalue weighted by Gasteiger charge is 2.32. The van der Waals surface area contributed by atoms with Crippen LogP contribution in [0.1, 0.15) is 36.7 Å². The molecule has 0 aliphatic carbocycles. The molecular formula is C25H27N3O2. The van der Waals surface area contributed by atoms with E-state index in [2.05, 4.69) is 10.3 Å². The molecule has 5 nitrogen and oxygen atoms in total. The van der Waals surface area contributed by atoms with Crippen molar-refractivity contribution < 1.29 is 9.59 Å². The van der Waals surface area contributed by atoms with Crippen LogP contribution in [0.25, 0.3) is 0 Å². The van der Waals surface area contributed by atoms with Gasteiger partial charge in [0.1, 0.15) is 6.04 Å². The van der Waals surface area contributed by atoms with Crippen LogP contribution in [0.2, 0.25) is 0 Å². The van der Waals surface area contributed by atoms with Crippen molar-refractivity contribution >= 4 is 11.8 Å². The molecular weight excluding hydrogens is 374 g/mol. The fourth-order valence-corrected chi connectivity index (χ4v) is 3.29. The van der Waals surface area contributed by atoms with E-state index >= 15 is 0 Å². The Morgan fingerprint density at radius 1 is 0.900 bits per heavy atom. The minimum atomic E-state index is -0.731. The summed E-state index contributed by atoms with van der Waals surface area (Å²) < 4.78 is 0. The van der Waals surface area contributed by atoms with Crippen LogP contribution < -0.4 is 5.32 Å². The van der Waals surface area contributed by atoms with Crippen LogP contribution in [0.3, 0.4) is 0 Å². The Hall–Kier alpha value is -3.47. The maximum Gasteiger partial charge on any atom is 0.247 e. The molecule has 3 rings (SSSR count). The molecule has 2 aromatic carbocycles. The van der Waals surface area contributed by atoms with Crippen LogP contribution in [0.5, 0.6) is 0 Å². The van der Waals surface area contributed by atoms with E-state index in [0.29, 0.717) is 13.1 Å². The normalized spacial score (nSPS) is 11.7. The Kier molecular flexibility index (Phi) is 7.33. The van der Waals surface area contributed by atoms with Crippen LogP contribution in [0.4, 0.5) is 0 Å². The largest absolute Gasteiger partial charge is 0.348 e. The summed E-state index contributed by atoms with van der Waals surface area (Å²) in [5.41, 5.74) is 2.52. The standard InChI is InChI=1S/C25H27N3O2/c1-19(2)25(30)28(18-20-11-5-3-6-12-20)23(21-13-7-4-8-14-21)24(29)27-17-22-15-9-10-16-26-22/h3-16,19,23H,17-18H2,1-2H3,(H,27,29)/t23-/m0/s1. The van der Waals surface area contributed by atoms with Crippen molar-refractivity contribution in [2.75, 3.05) is 0 Å². The Labute approximate surface area is 177 Å². The fraction of sp³-hybridized carbons (Fsp3) is 0.240. The van der Waals surface area contributed by atoms with Crippen LogP contribution in [0, 0.1) is 5.92 Å². The smallest absolute Gasteiger partial charge is 0.247 e. The fourth-order valence-electron chi connectivity index (χ4n) is 3.29. The number of carbonyl (C=O) groups excluding carboxylic acids is 2. The molecule has 0 spiro atoms. The number of nitrogens with zero attached hydrogens (tertiary/aromatic N) is 2. The van der Waals surface area contributed by atoms with Gasteiger partial charge in [-0.15, -0.1) is 0 Å². The second kappa shape index (κ2) is 10.3. The highest BCUT2D eigenvalue weighted by molar-refractivity contribution is 5.89. The summed E-state index contributed by atoms with van der Waals surface area (Å²) in [5, 5.41) is 2.96. The molecule has 1 aromatic heterocycles. The number of carbonyl (C=O) groups is 2. The predicted octanol–water partition coefficient (Wildman–Crippen LogP) is 4.12. The lowest BCUT2D eigenvalue weighted by Gasteiger charge is -2.33. The number of pyridine rings is 1. The summed E-state index contributed by atoms with van der Waals surface area (Å²) in [7, 11) is 0. The van der Waals surface area contributed by atoms with Gasteiger partial charge >= 0.3 is 0 Å². The molecule has 0 aliphatic rings. The predicted molar refractivity (Wildman–Crippen MR) is 117 cm³/mol. The molecule has 1 heterocycles. The molecule has 154 valence electrons. The number of aromatic nitrogens is 1. The molecule has 2 amide bonds. The average Bonchev–Trinajstić information content (AvgIpc) is 2.79. The summed E-state index contributed by atoms with van der Waals surface area (Å²) in [6.45, 7) is 4.37. The van der Waals surface area contributed by atoms with Crippen LogP contribution in [-0.4, -0.2) is 21.7 Å². The second-order valence-corrected chi connectivity index (χ2v) is 7.46. The van der Waals surface area contributed by atoms with Crippen molar-refractivity contribution in [3.63, 3.8) is 0 Å². The lowest BCUT2D eigenvalue weighted by molar-refractivity contribution is -0.144. The highest BCUT2D eigenvalue weighted by atomic mass is 16.2. The van der Waals surface area contributed by atoms with Gasteiger partial charge in [-0.3, -0.25) is 14.6 Å². The van der Waals surface area contributed by atoms with E-state index in [1.165, 1.54) is 0 Å². The zero-order valence-corrected chi connectivity index (χ0v) is 17.4. The van der Waals surface area contributed by atoms with Crippen molar-refractivity contribution in [2.24, 2.45) is 5.92 Å². The number of amides is 2. The molecule has 3 aromatic rings. The minimum Gasteiger partial charge on any atom is -0.348 e. The minimum absolute atomic E-state index is 0.0688. The van der Waals surface area contributed by atoms with Gasteiger partial charge < -0.3 is 10.2 Å². The monoisotopic (exact) mass is 401 g/mol. The third-order valence-corrected chi connectivity index (χ3v) is 4.82. The maximum atomic E-state index is 13.3. The molecule has 1 N–H and O–H groups in total. The van der Waals surface area contributed by atoms with E-state index in [0.717, 1.165) is 16.8 Å². The summed E-state index contributed by atoms with van der Waals surface area (Å²) in [5.74, 6) is -0.527. The average molecular weight is 402 g/mol. The van der Waals surface area contributed by atoms with E-state index in [1.807, 2.05) is 92.7 Å². The van der Waals surface area contributed by atoms with Crippen molar-refractivity contribution in [3.8, 4) is 0 Å². The van der Waals surface area contributed by atoms with Crippen molar-refractivity contribution in [3.05, 3.63) is 102 Å². The molecule has 30 heavy (non-hydrogen) atoms. The van der Waals surface area contributed by atoms with Gasteiger partial charge in [0.05, 0.1) is 12.2 Å². The van der Waals surface area contributed by atoms with Crippen molar-refractivity contribution in [1.29, 1.82) is 0 Å². The van der Waals surface area contributed by atoms with Gasteiger partial charge in [0.2, 0.25) is 11.8 Å². The lowest BCUT2D eigenvalue weighted by Crippen LogP contribution is -2.44. The molecule has 0 fully saturated rings. The van der Waals surface area contributed by atoms with Crippen LogP contribution in [-0.2, 0) is 22.7 Å². The first-order valence-electron chi connectivity index (χ1n) is 10.1. The quantitative estimate of drug-likeness (QED) is 0.617. The molecule has 0 radical (unpaired) electrons. The Balaban J connectivity index is 1.92. The number of benzene rings is 2. The topological polar surface area (TPSA) is 62.3 Å². The van der Waals surface area contributed by atoms with E-state index in [1.54, 1.807) is 11.1 Å². The van der Waals surface area contributed by atoms with E-state index in [4.69, 9.17) is 0 Å². The van der Waals surface area contributed by atoms with Crippen LogP contribution in [0.15, 0.2) is 85.1 Å². The van der Waals surface area contributed by atoms with Gasteiger partial charge in [-0.1, -0.05) is 80.6 Å². The molecule has 0 saturated carbocycles. The van der Waals surface area contributed by atoms with E-state index in [9.17, 15) is 9.59 Å². The second-order valence-electron chi connectivity index (χ2n) is 7.46. The summed E-state index contributed by atoms with van der Waals surface area (Å²) in [4.78, 5) is 32.5. The molecule has 0 saturated heterocycles. The van der Waals surface area contributed by atoms with Crippen LogP contribution >= 0.6 is 0 Å². The van der Waals surface area contributed by atoms with Gasteiger partial charge in [0, 0.05) is 18.7 Å². The molecule has 1 atom stereocenters. The zero-order valence-electron chi connectivity index (χ0n) is 17.4. The Bertz CT molecular complexity index is 944. The summed E-state index contributed by atoms with van der Waals surface area (Å²) >= 11 is 0. The summed E-state index contributed by atoms with van der Waals surface area (Å²) in [6.07, 6.45) is 1.69. The molecule has 0 bridgehead atoms. The molecule has 0 aliphatic heterocycles. The first-order chi connectivity index (χ1) is 14.6. The van der Waals surface area contributed by atoms with Gasteiger partial charge in [-0.25, -0.2) is 0 Å². The lowest BCUT2D eigenvalue weighted by atomic mass is 10.0. The maximum absolute atomic E-state index is 13.3. The Morgan fingerprint density at radius 3 is 2.13 bits per heavy atom. The SMILES string of the molecule is CC(C)C(=O)N(Cc1ccccc1)[C@H](C(=O)NCc1ccccn1)c1ccccc1. The van der Waals surface area contributed by atoms with Crippen molar-refractivity contribution in [1.82, 2.24) is 15.2 Å². The van der Waals surface area contributed by atoms with Gasteiger partial charge in [0.15, 0.2) is 0 Å². The van der Waals surface area contributed by atoms with Gasteiger partial charge in [-0.05, 0) is 23.3 Å². The number of rotatable bonds is 8. The zero-order chi connectivity index (χ0) is 21.3. The first kappa shape index (κ1) is 21.2. The van der Waals surface area contributed by atoms with Gasteiger partial charge in [-0.2, -0.15) is 0 Å². The first-order valence-corrected chi connectivity index (χ1v) is 10.1. The Morgan fingerprint density at radius 2 is 1.53 bits per heavy atom. The van der Waals surface area contributed by atoms with Gasteiger partial charge in [0.25, 0.3) is 0 Å². The molecule has 0 unspecified atom stereocenters. The molecule has 5 heteroatoms.